The zero-order valence-electron chi connectivity index (χ0n) is 4.50. The van der Waals surface area contributed by atoms with E-state index in [4.69, 9.17) is 10.2 Å². The third kappa shape index (κ3) is 0.801. The van der Waals surface area contributed by atoms with Crippen LogP contribution < -0.4 is 5.32 Å². The van der Waals surface area contributed by atoms with Crippen molar-refractivity contribution in [2.24, 2.45) is 4.99 Å². The molecule has 4 nitrogen and oxygen atoms in total. The Morgan fingerprint density at radius 2 is 2.25 bits per heavy atom. The van der Waals surface area contributed by atoms with Gasteiger partial charge in [0.15, 0.2) is 12.5 Å². The predicted molar refractivity (Wildman–Crippen MR) is 28.3 cm³/mol. The summed E-state index contributed by atoms with van der Waals surface area (Å²) in [5.41, 5.74) is 0. The molecule has 0 saturated carbocycles. The molecule has 3 N–H and O–H groups in total. The summed E-state index contributed by atoms with van der Waals surface area (Å²) in [6, 6.07) is 0. The number of nitrogens with one attached hydrogen (secondary N) is 1. The van der Waals surface area contributed by atoms with E-state index in [1.165, 1.54) is 0 Å². The fourth-order valence-corrected chi connectivity index (χ4v) is 0.595. The molecule has 0 fully saturated rings. The second-order valence-electron chi connectivity index (χ2n) is 1.72. The van der Waals surface area contributed by atoms with Gasteiger partial charge in [0.25, 0.3) is 0 Å². The van der Waals surface area contributed by atoms with E-state index in [1.807, 2.05) is 0 Å². The van der Waals surface area contributed by atoms with Gasteiger partial charge in [-0.15, -0.1) is 0 Å². The molecule has 2 atom stereocenters. The van der Waals surface area contributed by atoms with Gasteiger partial charge in [-0.25, -0.2) is 4.99 Å². The summed E-state index contributed by atoms with van der Waals surface area (Å²) in [5, 5.41) is 19.9. The Labute approximate surface area is 46.9 Å². The number of hydrogen-bond acceptors (Lipinski definition) is 4. The van der Waals surface area contributed by atoms with Crippen molar-refractivity contribution in [2.45, 2.75) is 19.4 Å². The monoisotopic (exact) mass is 116 g/mol. The molecule has 0 aliphatic carbocycles. The summed E-state index contributed by atoms with van der Waals surface area (Å²) in [4.78, 5) is 3.58. The minimum Gasteiger partial charge on any atom is -0.369 e. The average Bonchev–Trinajstić information content (AvgIpc) is 1.85. The lowest BCUT2D eigenvalue weighted by Crippen LogP contribution is -2.33. The lowest BCUT2D eigenvalue weighted by atomic mass is 10.5. The van der Waals surface area contributed by atoms with Gasteiger partial charge in [-0.3, -0.25) is 0 Å². The summed E-state index contributed by atoms with van der Waals surface area (Å²) < 4.78 is 0. The molecular formula is C4H8N2O2. The van der Waals surface area contributed by atoms with Crippen molar-refractivity contribution in [3.05, 3.63) is 0 Å². The molecule has 2 unspecified atom stereocenters. The largest absolute Gasteiger partial charge is 0.369 e. The minimum atomic E-state index is -0.977. The molecule has 1 rings (SSSR count). The van der Waals surface area contributed by atoms with E-state index in [-0.39, 0.29) is 0 Å². The van der Waals surface area contributed by atoms with E-state index in [2.05, 4.69) is 10.3 Å². The fourth-order valence-electron chi connectivity index (χ4n) is 0.595. The first-order chi connectivity index (χ1) is 3.70. The van der Waals surface area contributed by atoms with E-state index in [0.29, 0.717) is 5.84 Å². The normalized spacial score (nSPS) is 36.6. The minimum absolute atomic E-state index is 0.574. The Kier molecular flexibility index (Phi) is 1.19. The molecule has 0 aromatic carbocycles. The number of aliphatic imine (C=N–C) groups is 1. The molecular weight excluding hydrogens is 108 g/mol. The topological polar surface area (TPSA) is 64.9 Å². The number of hydrogen-bond donors (Lipinski definition) is 3. The molecule has 1 heterocycles. The third-order valence-corrected chi connectivity index (χ3v) is 0.965. The van der Waals surface area contributed by atoms with E-state index in [1.54, 1.807) is 6.92 Å². The Morgan fingerprint density at radius 3 is 2.38 bits per heavy atom. The first-order valence-electron chi connectivity index (χ1n) is 2.37. The van der Waals surface area contributed by atoms with Gasteiger partial charge in [0.1, 0.15) is 0 Å². The molecule has 0 bridgehead atoms. The second kappa shape index (κ2) is 1.72. The fraction of sp³-hybridized carbons (Fsp3) is 0.750. The molecule has 1 aliphatic rings. The van der Waals surface area contributed by atoms with Crippen LogP contribution in [0.5, 0.6) is 0 Å². The molecule has 4 heteroatoms. The maximum absolute atomic E-state index is 8.69. The van der Waals surface area contributed by atoms with Gasteiger partial charge in [0, 0.05) is 0 Å². The summed E-state index contributed by atoms with van der Waals surface area (Å²) in [6.07, 6.45) is -1.88. The molecule has 0 saturated heterocycles. The van der Waals surface area contributed by atoms with Crippen LogP contribution in [-0.4, -0.2) is 28.5 Å². The molecule has 0 aromatic heterocycles. The van der Waals surface area contributed by atoms with E-state index in [0.717, 1.165) is 0 Å². The molecule has 0 aromatic rings. The number of amidine groups is 1. The highest BCUT2D eigenvalue weighted by atomic mass is 16.4. The maximum Gasteiger partial charge on any atom is 0.192 e. The number of aliphatic hydroxyl groups excluding tert-OH is 2. The first-order valence-corrected chi connectivity index (χ1v) is 2.37. The first kappa shape index (κ1) is 5.53. The molecule has 0 amide bonds. The summed E-state index contributed by atoms with van der Waals surface area (Å²) in [5.74, 6) is 0.574. The third-order valence-electron chi connectivity index (χ3n) is 0.965. The van der Waals surface area contributed by atoms with Crippen molar-refractivity contribution in [3.8, 4) is 0 Å². The predicted octanol–water partition coefficient (Wildman–Crippen LogP) is -1.36. The van der Waals surface area contributed by atoms with Crippen LogP contribution in [0.2, 0.25) is 0 Å². The van der Waals surface area contributed by atoms with Crippen molar-refractivity contribution in [1.82, 2.24) is 5.32 Å². The van der Waals surface area contributed by atoms with Crippen LogP contribution in [0.4, 0.5) is 0 Å². The summed E-state index contributed by atoms with van der Waals surface area (Å²) in [7, 11) is 0. The van der Waals surface area contributed by atoms with Gasteiger partial charge in [0.2, 0.25) is 0 Å². The zero-order valence-corrected chi connectivity index (χ0v) is 4.50. The molecule has 8 heavy (non-hydrogen) atoms. The summed E-state index contributed by atoms with van der Waals surface area (Å²) >= 11 is 0. The Balaban J connectivity index is 2.56. The van der Waals surface area contributed by atoms with Crippen LogP contribution in [0.25, 0.3) is 0 Å². The standard InChI is InChI=1S/C4H8N2O2/c1-2-5-3(7)4(8)6-2/h3-4,7-8H,1H3,(H,5,6). The molecule has 0 spiro atoms. The lowest BCUT2D eigenvalue weighted by Gasteiger charge is -2.03. The van der Waals surface area contributed by atoms with Crippen LogP contribution in [0, 0.1) is 0 Å². The van der Waals surface area contributed by atoms with E-state index in [9.17, 15) is 0 Å². The van der Waals surface area contributed by atoms with Crippen LogP contribution in [-0.2, 0) is 0 Å². The highest BCUT2D eigenvalue weighted by Crippen LogP contribution is 1.98. The molecule has 46 valence electrons. The van der Waals surface area contributed by atoms with Crippen molar-refractivity contribution in [1.29, 1.82) is 0 Å². The lowest BCUT2D eigenvalue weighted by molar-refractivity contribution is 0.0287. The van der Waals surface area contributed by atoms with Crippen LogP contribution in [0.1, 0.15) is 6.92 Å². The SMILES string of the molecule is CC1=NC(O)C(O)N1. The van der Waals surface area contributed by atoms with Crippen LogP contribution in [0.3, 0.4) is 0 Å². The van der Waals surface area contributed by atoms with E-state index >= 15 is 0 Å². The van der Waals surface area contributed by atoms with Crippen LogP contribution >= 0.6 is 0 Å². The van der Waals surface area contributed by atoms with Gasteiger partial charge in [-0.2, -0.15) is 0 Å². The zero-order chi connectivity index (χ0) is 6.15. The quantitative estimate of drug-likeness (QED) is 0.366. The van der Waals surface area contributed by atoms with Crippen molar-refractivity contribution >= 4 is 5.84 Å². The van der Waals surface area contributed by atoms with Gasteiger partial charge in [-0.1, -0.05) is 0 Å². The number of aliphatic hydroxyl groups is 2. The van der Waals surface area contributed by atoms with Crippen molar-refractivity contribution in [2.75, 3.05) is 0 Å². The van der Waals surface area contributed by atoms with Gasteiger partial charge in [-0.05, 0) is 6.92 Å². The Hall–Kier alpha value is -0.610. The average molecular weight is 116 g/mol. The van der Waals surface area contributed by atoms with Gasteiger partial charge < -0.3 is 15.5 Å². The highest BCUT2D eigenvalue weighted by Gasteiger charge is 2.20. The Morgan fingerprint density at radius 1 is 1.62 bits per heavy atom. The maximum atomic E-state index is 8.69. The highest BCUT2D eigenvalue weighted by molar-refractivity contribution is 5.81. The Bertz CT molecular complexity index is 123. The van der Waals surface area contributed by atoms with Crippen LogP contribution in [0.15, 0.2) is 4.99 Å². The van der Waals surface area contributed by atoms with Crippen molar-refractivity contribution < 1.29 is 10.2 Å². The second-order valence-corrected chi connectivity index (χ2v) is 1.72. The molecule has 0 radical (unpaired) electrons. The van der Waals surface area contributed by atoms with Crippen molar-refractivity contribution in [3.63, 3.8) is 0 Å². The van der Waals surface area contributed by atoms with Gasteiger partial charge >= 0.3 is 0 Å². The summed E-state index contributed by atoms with van der Waals surface area (Å²) in [6.45, 7) is 1.68. The van der Waals surface area contributed by atoms with E-state index < -0.39 is 12.5 Å². The number of nitrogens with zero attached hydrogens (tertiary/aromatic N) is 1. The van der Waals surface area contributed by atoms with Gasteiger partial charge in [0.05, 0.1) is 5.84 Å². The number of rotatable bonds is 0. The molecule has 1 aliphatic heterocycles. The smallest absolute Gasteiger partial charge is 0.192 e.